The maximum atomic E-state index is 12.9. The molecule has 1 aromatic carbocycles. The molecule has 2 N–H and O–H groups in total. The Bertz CT molecular complexity index is 946. The van der Waals surface area contributed by atoms with Gasteiger partial charge in [0.1, 0.15) is 0 Å². The van der Waals surface area contributed by atoms with E-state index in [0.29, 0.717) is 12.6 Å². The molecule has 1 fully saturated rings. The lowest BCUT2D eigenvalue weighted by Crippen LogP contribution is -2.40. The van der Waals surface area contributed by atoms with E-state index in [-0.39, 0.29) is 10.7 Å². The first kappa shape index (κ1) is 19.8. The number of aryl methyl sites for hydroxylation is 1. The van der Waals surface area contributed by atoms with Gasteiger partial charge in [0.05, 0.1) is 11.4 Å². The van der Waals surface area contributed by atoms with Gasteiger partial charge in [0, 0.05) is 28.7 Å². The zero-order chi connectivity index (χ0) is 19.8. The fourth-order valence-corrected chi connectivity index (χ4v) is 4.40. The van der Waals surface area contributed by atoms with Crippen LogP contribution in [0.5, 0.6) is 0 Å². The number of carbonyl (C=O) groups excluding carboxylic acids is 1. The minimum Gasteiger partial charge on any atom is -0.318 e. The van der Waals surface area contributed by atoms with E-state index in [1.165, 1.54) is 18.6 Å². The number of carbonyl (C=O) groups is 1. The second-order valence-electron chi connectivity index (χ2n) is 7.40. The number of piperidine rings is 1. The first-order valence-corrected chi connectivity index (χ1v) is 10.8. The third-order valence-electron chi connectivity index (χ3n) is 5.44. The van der Waals surface area contributed by atoms with E-state index in [0.717, 1.165) is 42.0 Å². The molecule has 1 saturated heterocycles. The number of nitrogens with zero attached hydrogens (tertiary/aromatic N) is 2. The van der Waals surface area contributed by atoms with Crippen molar-refractivity contribution in [2.45, 2.75) is 51.0 Å². The first-order valence-electron chi connectivity index (χ1n) is 9.28. The van der Waals surface area contributed by atoms with Gasteiger partial charge in [-0.15, -0.1) is 0 Å². The van der Waals surface area contributed by atoms with Crippen LogP contribution >= 0.6 is 0 Å². The molecule has 1 atom stereocenters. The number of hydrogen-bond acceptors (Lipinski definition) is 4. The average Bonchev–Trinajstić information content (AvgIpc) is 2.91. The third-order valence-corrected chi connectivity index (χ3v) is 6.37. The van der Waals surface area contributed by atoms with Gasteiger partial charge in [-0.3, -0.25) is 9.69 Å². The summed E-state index contributed by atoms with van der Waals surface area (Å²) in [4.78, 5) is 15.2. The van der Waals surface area contributed by atoms with E-state index in [4.69, 9.17) is 5.14 Å². The van der Waals surface area contributed by atoms with Crippen LogP contribution < -0.4 is 5.14 Å². The molecule has 1 aliphatic heterocycles. The fraction of sp³-hybridized carbons (Fsp3) is 0.450. The maximum Gasteiger partial charge on any atom is 0.238 e. The Morgan fingerprint density at radius 1 is 1.19 bits per heavy atom. The lowest BCUT2D eigenvalue weighted by Gasteiger charge is -2.32. The highest BCUT2D eigenvalue weighted by molar-refractivity contribution is 7.89. The predicted octanol–water partition coefficient (Wildman–Crippen LogP) is 2.80. The number of rotatable bonds is 5. The second-order valence-corrected chi connectivity index (χ2v) is 8.96. The number of primary sulfonamides is 1. The first-order chi connectivity index (χ1) is 12.7. The molecule has 0 bridgehead atoms. The highest BCUT2D eigenvalue weighted by Gasteiger charge is 2.23. The number of ketones is 1. The lowest BCUT2D eigenvalue weighted by molar-refractivity contribution is 0.0859. The Labute approximate surface area is 161 Å². The van der Waals surface area contributed by atoms with Crippen LogP contribution in [0.4, 0.5) is 0 Å². The Kier molecular flexibility index (Phi) is 5.55. The van der Waals surface area contributed by atoms with E-state index < -0.39 is 10.0 Å². The van der Waals surface area contributed by atoms with Gasteiger partial charge < -0.3 is 4.57 Å². The van der Waals surface area contributed by atoms with Gasteiger partial charge in [-0.2, -0.15) is 0 Å². The molecule has 2 heterocycles. The Morgan fingerprint density at radius 3 is 2.44 bits per heavy atom. The standard InChI is InChI=1S/C20H27N3O3S/c1-14-6-4-5-11-22(14)13-20(24)19-12-15(2)23(16(19)3)17-7-9-18(10-8-17)27(21,25)26/h7-10,12,14H,4-6,11,13H2,1-3H3,(H2,21,25,26)/t14-/m0/s1. The van der Waals surface area contributed by atoms with Gasteiger partial charge in [-0.25, -0.2) is 13.6 Å². The molecule has 1 aliphatic rings. The Morgan fingerprint density at radius 2 is 1.85 bits per heavy atom. The highest BCUT2D eigenvalue weighted by atomic mass is 32.2. The van der Waals surface area contributed by atoms with E-state index in [1.54, 1.807) is 12.1 Å². The lowest BCUT2D eigenvalue weighted by atomic mass is 10.0. The molecule has 27 heavy (non-hydrogen) atoms. The minimum atomic E-state index is -3.72. The summed E-state index contributed by atoms with van der Waals surface area (Å²) in [5, 5.41) is 5.17. The quantitative estimate of drug-likeness (QED) is 0.797. The average molecular weight is 390 g/mol. The number of nitrogens with two attached hydrogens (primary N) is 1. The molecule has 0 amide bonds. The van der Waals surface area contributed by atoms with Crippen molar-refractivity contribution in [1.29, 1.82) is 0 Å². The topological polar surface area (TPSA) is 85.4 Å². The van der Waals surface area contributed by atoms with Gasteiger partial charge in [0.25, 0.3) is 0 Å². The molecule has 6 nitrogen and oxygen atoms in total. The summed E-state index contributed by atoms with van der Waals surface area (Å²) in [5.41, 5.74) is 3.33. The molecule has 0 aliphatic carbocycles. The summed E-state index contributed by atoms with van der Waals surface area (Å²) in [5.74, 6) is 0.129. The van der Waals surface area contributed by atoms with Crippen molar-refractivity contribution in [3.63, 3.8) is 0 Å². The van der Waals surface area contributed by atoms with Crippen LogP contribution in [0.25, 0.3) is 5.69 Å². The third kappa shape index (κ3) is 4.15. The molecule has 1 aromatic heterocycles. The SMILES string of the molecule is Cc1cc(C(=O)CN2CCCC[C@@H]2C)c(C)n1-c1ccc(S(N)(=O)=O)cc1. The smallest absolute Gasteiger partial charge is 0.238 e. The molecule has 2 aromatic rings. The van der Waals surface area contributed by atoms with Crippen LogP contribution in [-0.2, 0) is 10.0 Å². The number of sulfonamides is 1. The van der Waals surface area contributed by atoms with Crippen molar-refractivity contribution in [1.82, 2.24) is 9.47 Å². The van der Waals surface area contributed by atoms with Crippen molar-refractivity contribution >= 4 is 15.8 Å². The van der Waals surface area contributed by atoms with Crippen LogP contribution in [0, 0.1) is 13.8 Å². The van der Waals surface area contributed by atoms with E-state index in [2.05, 4.69) is 11.8 Å². The monoisotopic (exact) mass is 389 g/mol. The zero-order valence-electron chi connectivity index (χ0n) is 16.1. The van der Waals surface area contributed by atoms with Crippen molar-refractivity contribution in [2.24, 2.45) is 5.14 Å². The van der Waals surface area contributed by atoms with Gasteiger partial charge in [-0.05, 0) is 70.5 Å². The van der Waals surface area contributed by atoms with Crippen LogP contribution in [0.2, 0.25) is 0 Å². The van der Waals surface area contributed by atoms with Gasteiger partial charge >= 0.3 is 0 Å². The molecule has 0 radical (unpaired) electrons. The molecular formula is C20H27N3O3S. The number of benzene rings is 1. The van der Waals surface area contributed by atoms with Crippen LogP contribution in [0.3, 0.4) is 0 Å². The number of aromatic nitrogens is 1. The molecule has 7 heteroatoms. The van der Waals surface area contributed by atoms with Crippen molar-refractivity contribution in [2.75, 3.05) is 13.1 Å². The zero-order valence-corrected chi connectivity index (χ0v) is 16.9. The minimum absolute atomic E-state index is 0.0732. The van der Waals surface area contributed by atoms with Gasteiger partial charge in [-0.1, -0.05) is 6.42 Å². The number of hydrogen-bond donors (Lipinski definition) is 1. The predicted molar refractivity (Wildman–Crippen MR) is 106 cm³/mol. The van der Waals surface area contributed by atoms with Crippen LogP contribution in [0.15, 0.2) is 35.2 Å². The summed E-state index contributed by atoms with van der Waals surface area (Å²) in [6, 6.07) is 8.75. The summed E-state index contributed by atoms with van der Waals surface area (Å²) in [6.45, 7) is 7.47. The highest BCUT2D eigenvalue weighted by Crippen LogP contribution is 2.24. The summed E-state index contributed by atoms with van der Waals surface area (Å²) in [7, 11) is -3.72. The van der Waals surface area contributed by atoms with Gasteiger partial charge in [0.2, 0.25) is 10.0 Å². The van der Waals surface area contributed by atoms with Gasteiger partial charge in [0.15, 0.2) is 5.78 Å². The van der Waals surface area contributed by atoms with E-state index in [1.807, 2.05) is 24.5 Å². The molecule has 146 valence electrons. The Balaban J connectivity index is 1.87. The van der Waals surface area contributed by atoms with Crippen molar-refractivity contribution < 1.29 is 13.2 Å². The number of Topliss-reactive ketones (excluding diaryl/α,β-unsaturated/α-hetero) is 1. The number of likely N-dealkylation sites (tertiary alicyclic amines) is 1. The van der Waals surface area contributed by atoms with E-state index in [9.17, 15) is 13.2 Å². The maximum absolute atomic E-state index is 12.9. The molecule has 0 unspecified atom stereocenters. The van der Waals surface area contributed by atoms with Crippen LogP contribution in [0.1, 0.15) is 47.9 Å². The summed E-state index contributed by atoms with van der Waals surface area (Å²) in [6.07, 6.45) is 3.52. The second kappa shape index (κ2) is 7.58. The fourth-order valence-electron chi connectivity index (χ4n) is 3.89. The van der Waals surface area contributed by atoms with Crippen molar-refractivity contribution in [3.8, 4) is 5.69 Å². The normalized spacial score (nSPS) is 18.6. The summed E-state index contributed by atoms with van der Waals surface area (Å²) >= 11 is 0. The summed E-state index contributed by atoms with van der Waals surface area (Å²) < 4.78 is 24.9. The largest absolute Gasteiger partial charge is 0.318 e. The van der Waals surface area contributed by atoms with Crippen molar-refractivity contribution in [3.05, 3.63) is 47.3 Å². The molecule has 3 rings (SSSR count). The molecule has 0 saturated carbocycles. The molecular weight excluding hydrogens is 362 g/mol. The Hall–Kier alpha value is -1.96. The van der Waals surface area contributed by atoms with E-state index >= 15 is 0 Å². The molecule has 0 spiro atoms. The van der Waals surface area contributed by atoms with Crippen LogP contribution in [-0.4, -0.2) is 42.8 Å².